The number of fused-ring (bicyclic) bond motifs is 6. The van der Waals surface area contributed by atoms with E-state index in [1.54, 1.807) is 0 Å². The molecular formula is C46H28N4S. The summed E-state index contributed by atoms with van der Waals surface area (Å²) in [5, 5.41) is 6.02. The topological polar surface area (TPSA) is 51.6 Å². The Hall–Kier alpha value is -6.56. The second-order valence-corrected chi connectivity index (χ2v) is 13.7. The fourth-order valence-corrected chi connectivity index (χ4v) is 8.31. The summed E-state index contributed by atoms with van der Waals surface area (Å²) in [5.74, 6) is 1.93. The quantitative estimate of drug-likeness (QED) is 0.183. The molecule has 0 unspecified atom stereocenters. The molecule has 0 aliphatic carbocycles. The molecule has 0 radical (unpaired) electrons. The van der Waals surface area contributed by atoms with Gasteiger partial charge in [0.05, 0.1) is 11.2 Å². The van der Waals surface area contributed by atoms with E-state index in [4.69, 9.17) is 19.9 Å². The maximum atomic E-state index is 5.57. The van der Waals surface area contributed by atoms with Gasteiger partial charge in [-0.2, -0.15) is 0 Å². The molecule has 0 aliphatic rings. The van der Waals surface area contributed by atoms with Gasteiger partial charge in [0.15, 0.2) is 17.5 Å². The molecule has 51 heavy (non-hydrogen) atoms. The summed E-state index contributed by atoms with van der Waals surface area (Å²) in [6, 6.07) is 59.0. The van der Waals surface area contributed by atoms with Crippen LogP contribution in [0.15, 0.2) is 170 Å². The predicted molar refractivity (Wildman–Crippen MR) is 213 cm³/mol. The number of aromatic nitrogens is 4. The average molecular weight is 669 g/mol. The van der Waals surface area contributed by atoms with Crippen LogP contribution in [0.25, 0.3) is 98.4 Å². The first-order valence-electron chi connectivity index (χ1n) is 17.0. The third-order valence-corrected chi connectivity index (χ3v) is 10.7. The van der Waals surface area contributed by atoms with E-state index in [0.717, 1.165) is 50.0 Å². The average Bonchev–Trinajstić information content (AvgIpc) is 3.61. The summed E-state index contributed by atoms with van der Waals surface area (Å²) in [6.07, 6.45) is 0. The highest BCUT2D eigenvalue weighted by atomic mass is 32.1. The van der Waals surface area contributed by atoms with Crippen LogP contribution in [0, 0.1) is 0 Å². The van der Waals surface area contributed by atoms with Gasteiger partial charge in [-0.05, 0) is 22.4 Å². The van der Waals surface area contributed by atoms with E-state index in [9.17, 15) is 0 Å². The molecule has 0 N–H and O–H groups in total. The normalized spacial score (nSPS) is 11.5. The van der Waals surface area contributed by atoms with Crippen LogP contribution in [0.1, 0.15) is 0 Å². The number of nitrogens with zero attached hydrogens (tertiary/aromatic N) is 4. The zero-order valence-electron chi connectivity index (χ0n) is 27.4. The van der Waals surface area contributed by atoms with Gasteiger partial charge in [0.1, 0.15) is 0 Å². The molecule has 3 aromatic heterocycles. The SMILES string of the molecule is c1ccc(-c2nc(-c3ccccc3)nc(-c3ccc(-c4cccc5c4nc(-c4cccc6ccccc46)c4c6ccccc6sc54)cc3)n2)cc1. The number of rotatable bonds is 5. The van der Waals surface area contributed by atoms with Crippen molar-refractivity contribution >= 4 is 53.2 Å². The highest BCUT2D eigenvalue weighted by Crippen LogP contribution is 2.45. The zero-order chi connectivity index (χ0) is 33.7. The molecule has 10 aromatic rings. The highest BCUT2D eigenvalue weighted by molar-refractivity contribution is 7.26. The van der Waals surface area contributed by atoms with Crippen LogP contribution in [-0.2, 0) is 0 Å². The van der Waals surface area contributed by atoms with Crippen molar-refractivity contribution in [3.05, 3.63) is 170 Å². The molecule has 7 aromatic carbocycles. The lowest BCUT2D eigenvalue weighted by molar-refractivity contribution is 1.07. The number of benzene rings is 7. The highest BCUT2D eigenvalue weighted by Gasteiger charge is 2.20. The van der Waals surface area contributed by atoms with Gasteiger partial charge in [-0.15, -0.1) is 11.3 Å². The summed E-state index contributed by atoms with van der Waals surface area (Å²) in [7, 11) is 0. The van der Waals surface area contributed by atoms with Crippen molar-refractivity contribution in [2.24, 2.45) is 0 Å². The Morgan fingerprint density at radius 2 is 0.863 bits per heavy atom. The van der Waals surface area contributed by atoms with Gasteiger partial charge in [-0.1, -0.05) is 164 Å². The molecule has 4 nitrogen and oxygen atoms in total. The summed E-state index contributed by atoms with van der Waals surface area (Å²) in [4.78, 5) is 20.3. The Morgan fingerprint density at radius 1 is 0.353 bits per heavy atom. The molecule has 0 saturated heterocycles. The first-order valence-corrected chi connectivity index (χ1v) is 17.8. The minimum atomic E-state index is 0.635. The fourth-order valence-electron chi connectivity index (χ4n) is 7.08. The Morgan fingerprint density at radius 3 is 1.57 bits per heavy atom. The summed E-state index contributed by atoms with van der Waals surface area (Å²) >= 11 is 1.85. The van der Waals surface area contributed by atoms with E-state index >= 15 is 0 Å². The maximum absolute atomic E-state index is 5.57. The molecule has 238 valence electrons. The van der Waals surface area contributed by atoms with Crippen LogP contribution in [0.3, 0.4) is 0 Å². The van der Waals surface area contributed by atoms with Crippen LogP contribution < -0.4 is 0 Å². The van der Waals surface area contributed by atoms with E-state index in [2.05, 4.69) is 109 Å². The van der Waals surface area contributed by atoms with Gasteiger partial charge < -0.3 is 0 Å². The summed E-state index contributed by atoms with van der Waals surface area (Å²) in [5.41, 5.74) is 8.15. The number of thiophene rings is 1. The van der Waals surface area contributed by atoms with Gasteiger partial charge in [-0.25, -0.2) is 19.9 Å². The smallest absolute Gasteiger partial charge is 0.164 e. The van der Waals surface area contributed by atoms with Crippen molar-refractivity contribution in [1.82, 2.24) is 19.9 Å². The van der Waals surface area contributed by atoms with E-state index < -0.39 is 0 Å². The van der Waals surface area contributed by atoms with Gasteiger partial charge in [0, 0.05) is 53.4 Å². The van der Waals surface area contributed by atoms with E-state index in [1.165, 1.54) is 30.9 Å². The molecule has 0 fully saturated rings. The lowest BCUT2D eigenvalue weighted by atomic mass is 9.95. The number of pyridine rings is 1. The van der Waals surface area contributed by atoms with E-state index in [1.807, 2.05) is 72.0 Å². The third kappa shape index (κ3) is 5.06. The maximum Gasteiger partial charge on any atom is 0.164 e. The van der Waals surface area contributed by atoms with Gasteiger partial charge in [0.25, 0.3) is 0 Å². The molecule has 10 rings (SSSR count). The van der Waals surface area contributed by atoms with Crippen molar-refractivity contribution in [1.29, 1.82) is 0 Å². The Bertz CT molecular complexity index is 2840. The van der Waals surface area contributed by atoms with Crippen molar-refractivity contribution in [2.75, 3.05) is 0 Å². The second kappa shape index (κ2) is 12.1. The Kier molecular flexibility index (Phi) is 6.96. The number of hydrogen-bond acceptors (Lipinski definition) is 5. The lowest BCUT2D eigenvalue weighted by Gasteiger charge is -2.13. The molecule has 5 heteroatoms. The van der Waals surface area contributed by atoms with Crippen LogP contribution in [-0.4, -0.2) is 19.9 Å². The number of hydrogen-bond donors (Lipinski definition) is 0. The number of para-hydroxylation sites is 1. The third-order valence-electron chi connectivity index (χ3n) is 9.53. The largest absolute Gasteiger partial charge is 0.246 e. The monoisotopic (exact) mass is 668 g/mol. The summed E-state index contributed by atoms with van der Waals surface area (Å²) in [6.45, 7) is 0. The predicted octanol–water partition coefficient (Wildman–Crippen LogP) is 12.3. The summed E-state index contributed by atoms with van der Waals surface area (Å²) < 4.78 is 2.52. The van der Waals surface area contributed by atoms with E-state index in [0.29, 0.717) is 17.5 Å². The van der Waals surface area contributed by atoms with Crippen LogP contribution in [0.2, 0.25) is 0 Å². The zero-order valence-corrected chi connectivity index (χ0v) is 28.2. The first kappa shape index (κ1) is 29.4. The minimum Gasteiger partial charge on any atom is -0.246 e. The standard InChI is InChI=1S/C46H28N4S/c1-3-14-31(15-4-1)44-48-45(32-16-5-2-6-17-32)50-46(49-44)33-27-25-30(26-28-33)35-21-12-23-38-41(35)47-42(36-22-11-18-29-13-7-8-19-34(29)36)40-37-20-9-10-24-39(37)51-43(38)40/h1-28H. The molecule has 0 aliphatic heterocycles. The molecule has 0 atom stereocenters. The minimum absolute atomic E-state index is 0.635. The van der Waals surface area contributed by atoms with Crippen LogP contribution in [0.4, 0.5) is 0 Å². The van der Waals surface area contributed by atoms with E-state index in [-0.39, 0.29) is 0 Å². The van der Waals surface area contributed by atoms with Crippen molar-refractivity contribution in [2.45, 2.75) is 0 Å². The Labute approximate surface area is 298 Å². The van der Waals surface area contributed by atoms with Gasteiger partial charge in [0.2, 0.25) is 0 Å². The second-order valence-electron chi connectivity index (χ2n) is 12.6. The first-order chi connectivity index (χ1) is 25.3. The molecular weight excluding hydrogens is 641 g/mol. The van der Waals surface area contributed by atoms with Crippen molar-refractivity contribution < 1.29 is 0 Å². The molecule has 3 heterocycles. The fraction of sp³-hybridized carbons (Fsp3) is 0. The van der Waals surface area contributed by atoms with Crippen LogP contribution in [0.5, 0.6) is 0 Å². The molecule has 0 spiro atoms. The Balaban J connectivity index is 1.15. The van der Waals surface area contributed by atoms with Crippen LogP contribution >= 0.6 is 11.3 Å². The van der Waals surface area contributed by atoms with Gasteiger partial charge >= 0.3 is 0 Å². The molecule has 0 saturated carbocycles. The molecule has 0 bridgehead atoms. The van der Waals surface area contributed by atoms with Crippen molar-refractivity contribution in [3.63, 3.8) is 0 Å². The van der Waals surface area contributed by atoms with Crippen molar-refractivity contribution in [3.8, 4) is 56.5 Å². The van der Waals surface area contributed by atoms with Gasteiger partial charge in [-0.3, -0.25) is 0 Å². The lowest BCUT2D eigenvalue weighted by Crippen LogP contribution is -2.00. The molecule has 0 amide bonds.